The fourth-order valence-electron chi connectivity index (χ4n) is 1.24. The van der Waals surface area contributed by atoms with Gasteiger partial charge in [0.1, 0.15) is 0 Å². The van der Waals surface area contributed by atoms with E-state index in [4.69, 9.17) is 11.3 Å². The molecule has 1 aromatic rings. The zero-order chi connectivity index (χ0) is 15.6. The van der Waals surface area contributed by atoms with Crippen molar-refractivity contribution in [2.24, 2.45) is 0 Å². The van der Waals surface area contributed by atoms with Gasteiger partial charge in [0.25, 0.3) is 5.91 Å². The molecule has 5 heteroatoms. The zero-order valence-electron chi connectivity index (χ0n) is 12.3. The summed E-state index contributed by atoms with van der Waals surface area (Å²) in [6.45, 7) is 13.7. The van der Waals surface area contributed by atoms with E-state index < -0.39 is 11.6 Å². The lowest BCUT2D eigenvalue weighted by Gasteiger charge is -2.18. The first kappa shape index (κ1) is 17.6. The maximum Gasteiger partial charge on any atom is 0.338 e. The second-order valence-corrected chi connectivity index (χ2v) is 3.99. The third-order valence-electron chi connectivity index (χ3n) is 2.22. The number of nitrogens with one attached hydrogen (secondary N) is 1. The summed E-state index contributed by atoms with van der Waals surface area (Å²) in [4.78, 5) is 25.9. The van der Waals surface area contributed by atoms with Crippen LogP contribution in [0.1, 0.15) is 38.1 Å². The Morgan fingerprint density at radius 3 is 2.30 bits per heavy atom. The highest BCUT2D eigenvalue weighted by molar-refractivity contribution is 5.94. The number of hydrogen-bond donors (Lipinski definition) is 1. The van der Waals surface area contributed by atoms with Crippen LogP contribution >= 0.6 is 0 Å². The number of carbonyl (C=O) groups excluding carboxylic acids is 2. The smallest absolute Gasteiger partial charge is 0.338 e. The molecular weight excluding hydrogens is 256 g/mol. The van der Waals surface area contributed by atoms with Crippen LogP contribution in [0.25, 0.3) is 4.85 Å². The summed E-state index contributed by atoms with van der Waals surface area (Å²) in [6.07, 6.45) is 0. The molecule has 0 bridgehead atoms. The topological polar surface area (TPSA) is 59.8 Å². The van der Waals surface area contributed by atoms with Crippen LogP contribution in [0.2, 0.25) is 0 Å². The van der Waals surface area contributed by atoms with Gasteiger partial charge in [0.2, 0.25) is 0 Å². The molecule has 0 saturated heterocycles. The Bertz CT molecular complexity index is 480. The van der Waals surface area contributed by atoms with Crippen LogP contribution in [0, 0.1) is 6.57 Å². The fraction of sp³-hybridized carbons (Fsp3) is 0.400. The molecule has 0 saturated carbocycles. The Labute approximate surface area is 119 Å². The summed E-state index contributed by atoms with van der Waals surface area (Å²) in [5.41, 5.74) is -0.798. The van der Waals surface area contributed by atoms with Gasteiger partial charge in [-0.25, -0.2) is 6.57 Å². The van der Waals surface area contributed by atoms with E-state index in [0.717, 1.165) is 0 Å². The molecule has 20 heavy (non-hydrogen) atoms. The predicted molar refractivity (Wildman–Crippen MR) is 76.9 cm³/mol. The van der Waals surface area contributed by atoms with Crippen molar-refractivity contribution in [2.75, 3.05) is 6.61 Å². The fourth-order valence-corrected chi connectivity index (χ4v) is 1.24. The van der Waals surface area contributed by atoms with Crippen molar-refractivity contribution in [3.8, 4) is 0 Å². The highest BCUT2D eigenvalue weighted by atomic mass is 16.5. The number of carbonyl (C=O) groups is 2. The number of ether oxygens (including phenoxy) is 1. The van der Waals surface area contributed by atoms with E-state index in [2.05, 4.69) is 10.2 Å². The minimum Gasteiger partial charge on any atom is -0.455 e. The maximum atomic E-state index is 11.9. The molecule has 0 radical (unpaired) electrons. The Balaban J connectivity index is 0.00000172. The average Bonchev–Trinajstić information content (AvgIpc) is 2.48. The van der Waals surface area contributed by atoms with Crippen LogP contribution in [0.15, 0.2) is 30.3 Å². The molecule has 0 aromatic heterocycles. The SMILES string of the molecule is CC.[C-]#[N+]C(C)(COC(C)=O)NC(=O)c1ccccc1. The Morgan fingerprint density at radius 1 is 1.30 bits per heavy atom. The average molecular weight is 276 g/mol. The summed E-state index contributed by atoms with van der Waals surface area (Å²) in [7, 11) is 0. The highest BCUT2D eigenvalue weighted by Gasteiger charge is 2.34. The van der Waals surface area contributed by atoms with Crippen LogP contribution in [0.3, 0.4) is 0 Å². The number of nitrogens with zero attached hydrogens (tertiary/aromatic N) is 1. The molecule has 0 aliphatic rings. The summed E-state index contributed by atoms with van der Waals surface area (Å²) < 4.78 is 4.77. The second kappa shape index (κ2) is 8.70. The molecule has 0 aliphatic heterocycles. The van der Waals surface area contributed by atoms with Gasteiger partial charge in [0, 0.05) is 19.4 Å². The van der Waals surface area contributed by atoms with Gasteiger partial charge >= 0.3 is 11.6 Å². The molecular formula is C15H20N2O3. The quantitative estimate of drug-likeness (QED) is 0.679. The van der Waals surface area contributed by atoms with Gasteiger partial charge in [0.05, 0.1) is 0 Å². The minimum atomic E-state index is -1.25. The van der Waals surface area contributed by atoms with Crippen LogP contribution in [0.4, 0.5) is 0 Å². The molecule has 1 rings (SSSR count). The van der Waals surface area contributed by atoms with Crippen molar-refractivity contribution in [2.45, 2.75) is 33.4 Å². The van der Waals surface area contributed by atoms with Crippen LogP contribution in [0.5, 0.6) is 0 Å². The Hall–Kier alpha value is -2.35. The van der Waals surface area contributed by atoms with Crippen LogP contribution in [-0.4, -0.2) is 24.1 Å². The number of hydrogen-bond acceptors (Lipinski definition) is 3. The van der Waals surface area contributed by atoms with E-state index in [0.29, 0.717) is 5.56 Å². The van der Waals surface area contributed by atoms with Crippen molar-refractivity contribution in [1.29, 1.82) is 0 Å². The van der Waals surface area contributed by atoms with Crippen molar-refractivity contribution in [3.63, 3.8) is 0 Å². The van der Waals surface area contributed by atoms with Gasteiger partial charge in [0.15, 0.2) is 6.61 Å². The molecule has 1 unspecified atom stereocenters. The zero-order valence-corrected chi connectivity index (χ0v) is 12.3. The molecule has 5 nitrogen and oxygen atoms in total. The van der Waals surface area contributed by atoms with E-state index in [1.807, 2.05) is 13.8 Å². The number of rotatable bonds is 4. The number of esters is 1. The first-order chi connectivity index (χ1) is 9.47. The lowest BCUT2D eigenvalue weighted by atomic mass is 10.1. The molecule has 0 aliphatic carbocycles. The summed E-state index contributed by atoms with van der Waals surface area (Å²) in [5.74, 6) is -0.861. The van der Waals surface area contributed by atoms with Gasteiger partial charge in [-0.05, 0) is 12.1 Å². The predicted octanol–water partition coefficient (Wildman–Crippen LogP) is 2.64. The molecule has 0 heterocycles. The van der Waals surface area contributed by atoms with Crippen LogP contribution in [-0.2, 0) is 9.53 Å². The standard InChI is InChI=1S/C13H14N2O3.C2H6/c1-10(16)18-9-13(2,14-3)15-12(17)11-7-5-4-6-8-11;1-2/h4-8H,9H2,1-2H3,(H,15,17);1-2H3. The highest BCUT2D eigenvalue weighted by Crippen LogP contribution is 2.09. The third-order valence-corrected chi connectivity index (χ3v) is 2.22. The Kier molecular flexibility index (Phi) is 7.68. The van der Waals surface area contributed by atoms with Crippen molar-refractivity contribution in [3.05, 3.63) is 47.3 Å². The van der Waals surface area contributed by atoms with Gasteiger partial charge in [-0.2, -0.15) is 0 Å². The second-order valence-electron chi connectivity index (χ2n) is 3.99. The van der Waals surface area contributed by atoms with Crippen molar-refractivity contribution < 1.29 is 14.3 Å². The summed E-state index contributed by atoms with van der Waals surface area (Å²) in [5, 5.41) is 2.54. The third kappa shape index (κ3) is 6.01. The molecule has 108 valence electrons. The molecule has 1 amide bonds. The monoisotopic (exact) mass is 276 g/mol. The van der Waals surface area contributed by atoms with E-state index in [9.17, 15) is 9.59 Å². The van der Waals surface area contributed by atoms with Gasteiger partial charge in [-0.15, -0.1) is 0 Å². The van der Waals surface area contributed by atoms with Gasteiger partial charge in [-0.1, -0.05) is 32.0 Å². The van der Waals surface area contributed by atoms with E-state index in [1.54, 1.807) is 30.3 Å². The van der Waals surface area contributed by atoms with Gasteiger partial charge < -0.3 is 4.74 Å². The van der Waals surface area contributed by atoms with E-state index in [-0.39, 0.29) is 12.5 Å². The lowest BCUT2D eigenvalue weighted by Crippen LogP contribution is -2.47. The van der Waals surface area contributed by atoms with Crippen LogP contribution < -0.4 is 5.32 Å². The number of amides is 1. The van der Waals surface area contributed by atoms with Gasteiger partial charge in [-0.3, -0.25) is 19.8 Å². The molecule has 0 fully saturated rings. The summed E-state index contributed by atoms with van der Waals surface area (Å²) in [6, 6.07) is 8.55. The Morgan fingerprint density at radius 2 is 1.85 bits per heavy atom. The molecule has 0 spiro atoms. The minimum absolute atomic E-state index is 0.176. The molecule has 1 atom stereocenters. The first-order valence-electron chi connectivity index (χ1n) is 6.36. The molecule has 1 aromatic carbocycles. The lowest BCUT2D eigenvalue weighted by molar-refractivity contribution is -0.142. The first-order valence-corrected chi connectivity index (χ1v) is 6.36. The van der Waals surface area contributed by atoms with E-state index in [1.165, 1.54) is 13.8 Å². The summed E-state index contributed by atoms with van der Waals surface area (Å²) >= 11 is 0. The van der Waals surface area contributed by atoms with E-state index >= 15 is 0 Å². The normalized spacial score (nSPS) is 11.9. The maximum absolute atomic E-state index is 11.9. The largest absolute Gasteiger partial charge is 0.455 e. The van der Waals surface area contributed by atoms with Crippen molar-refractivity contribution >= 4 is 11.9 Å². The number of benzene rings is 1. The van der Waals surface area contributed by atoms with Crippen molar-refractivity contribution in [1.82, 2.24) is 5.32 Å². The molecule has 1 N–H and O–H groups in total.